The Morgan fingerprint density at radius 3 is 2.59 bits per heavy atom. The van der Waals surface area contributed by atoms with Gasteiger partial charge in [0.25, 0.3) is 0 Å². The number of hydrogen-bond donors (Lipinski definition) is 3. The van der Waals surface area contributed by atoms with Gasteiger partial charge in [-0.05, 0) is 31.6 Å². The molecular formula is C16H24N2O4. The summed E-state index contributed by atoms with van der Waals surface area (Å²) in [6, 6.07) is -0.316. The van der Waals surface area contributed by atoms with Gasteiger partial charge in [-0.25, -0.2) is 0 Å². The Labute approximate surface area is 130 Å². The highest BCUT2D eigenvalue weighted by atomic mass is 16.5. The Morgan fingerprint density at radius 1 is 1.18 bits per heavy atom. The predicted octanol–water partition coefficient (Wildman–Crippen LogP) is 0.113. The molecule has 2 amide bonds. The summed E-state index contributed by atoms with van der Waals surface area (Å²) in [5, 5.41) is 15.3. The van der Waals surface area contributed by atoms with Crippen molar-refractivity contribution in [2.75, 3.05) is 13.2 Å². The van der Waals surface area contributed by atoms with Crippen molar-refractivity contribution in [2.45, 2.75) is 50.4 Å². The first-order chi connectivity index (χ1) is 10.7. The number of aliphatic hydroxyl groups is 1. The number of hydrogen-bond acceptors (Lipinski definition) is 4. The Hall–Kier alpha value is -1.40. The second kappa shape index (κ2) is 6.79. The van der Waals surface area contributed by atoms with Crippen LogP contribution in [0.25, 0.3) is 0 Å². The summed E-state index contributed by atoms with van der Waals surface area (Å²) in [5.74, 6) is 0.772. The lowest BCUT2D eigenvalue weighted by Gasteiger charge is -2.31. The van der Waals surface area contributed by atoms with Gasteiger partial charge in [0.15, 0.2) is 0 Å². The maximum absolute atomic E-state index is 11.8. The maximum atomic E-state index is 11.8. The van der Waals surface area contributed by atoms with Gasteiger partial charge in [-0.1, -0.05) is 12.2 Å². The third-order valence-electron chi connectivity index (χ3n) is 4.39. The highest BCUT2D eigenvalue weighted by Gasteiger charge is 2.34. The van der Waals surface area contributed by atoms with Crippen LogP contribution < -0.4 is 10.6 Å². The average Bonchev–Trinajstić information content (AvgIpc) is 3.40. The number of rotatable bonds is 7. The van der Waals surface area contributed by atoms with Crippen molar-refractivity contribution in [3.63, 3.8) is 0 Å². The van der Waals surface area contributed by atoms with Crippen molar-refractivity contribution < 1.29 is 19.4 Å². The standard InChI is InChI=1S/C16H24N2O4/c19-9-14-13(18-16(21)11-3-4-11)6-5-12(22-14)7-15(20)17-8-10-1-2-10/h5-6,10-14,19H,1-4,7-9H2,(H,17,20)(H,18,21)/t12-,13+,14+/m1/s1. The van der Waals surface area contributed by atoms with Crippen LogP contribution in [0, 0.1) is 11.8 Å². The SMILES string of the molecule is O=C(C[C@H]1C=C[C@H](NC(=O)C2CC2)[C@H](CO)O1)NCC1CC1. The minimum absolute atomic E-state index is 0.0253. The van der Waals surface area contributed by atoms with Crippen molar-refractivity contribution >= 4 is 11.8 Å². The van der Waals surface area contributed by atoms with Crippen molar-refractivity contribution in [3.05, 3.63) is 12.2 Å². The van der Waals surface area contributed by atoms with E-state index in [0.29, 0.717) is 5.92 Å². The summed E-state index contributed by atoms with van der Waals surface area (Å²) in [4.78, 5) is 23.6. The van der Waals surface area contributed by atoms with Gasteiger partial charge in [-0.2, -0.15) is 0 Å². The van der Waals surface area contributed by atoms with Crippen LogP contribution in [0.2, 0.25) is 0 Å². The molecule has 3 rings (SSSR count). The van der Waals surface area contributed by atoms with Gasteiger partial charge in [-0.3, -0.25) is 9.59 Å². The molecule has 22 heavy (non-hydrogen) atoms. The molecule has 2 saturated carbocycles. The number of aliphatic hydroxyl groups excluding tert-OH is 1. The molecule has 1 heterocycles. The number of carbonyl (C=O) groups excluding carboxylic acids is 2. The summed E-state index contributed by atoms with van der Waals surface area (Å²) in [6.07, 6.45) is 7.35. The van der Waals surface area contributed by atoms with Crippen LogP contribution in [-0.2, 0) is 14.3 Å². The van der Waals surface area contributed by atoms with Crippen LogP contribution in [0.1, 0.15) is 32.1 Å². The molecule has 0 spiro atoms. The van der Waals surface area contributed by atoms with E-state index in [4.69, 9.17) is 4.74 Å². The zero-order chi connectivity index (χ0) is 15.5. The van der Waals surface area contributed by atoms with Gasteiger partial charge in [0.2, 0.25) is 11.8 Å². The minimum Gasteiger partial charge on any atom is -0.394 e. The molecular weight excluding hydrogens is 284 g/mol. The molecule has 0 radical (unpaired) electrons. The molecule has 0 bridgehead atoms. The summed E-state index contributed by atoms with van der Waals surface area (Å²) in [6.45, 7) is 0.568. The number of amides is 2. The molecule has 3 aliphatic rings. The fraction of sp³-hybridized carbons (Fsp3) is 0.750. The third kappa shape index (κ3) is 4.30. The van der Waals surface area contributed by atoms with Gasteiger partial charge >= 0.3 is 0 Å². The Morgan fingerprint density at radius 2 is 1.95 bits per heavy atom. The first kappa shape index (κ1) is 15.5. The van der Waals surface area contributed by atoms with Gasteiger partial charge in [0.05, 0.1) is 25.2 Å². The van der Waals surface area contributed by atoms with E-state index in [9.17, 15) is 14.7 Å². The molecule has 0 aromatic rings. The smallest absolute Gasteiger partial charge is 0.223 e. The zero-order valence-corrected chi connectivity index (χ0v) is 12.7. The molecule has 0 unspecified atom stereocenters. The minimum atomic E-state index is -0.492. The van der Waals surface area contributed by atoms with E-state index in [0.717, 1.165) is 19.4 Å². The Balaban J connectivity index is 1.47. The molecule has 2 aliphatic carbocycles. The fourth-order valence-electron chi connectivity index (χ4n) is 2.60. The molecule has 0 saturated heterocycles. The summed E-state index contributed by atoms with van der Waals surface area (Å²) in [5.41, 5.74) is 0. The number of nitrogens with one attached hydrogen (secondary N) is 2. The Kier molecular flexibility index (Phi) is 4.78. The lowest BCUT2D eigenvalue weighted by Crippen LogP contribution is -2.49. The summed E-state index contributed by atoms with van der Waals surface area (Å²) in [7, 11) is 0. The van der Waals surface area contributed by atoms with Crippen molar-refractivity contribution in [2.24, 2.45) is 11.8 Å². The third-order valence-corrected chi connectivity index (χ3v) is 4.39. The highest BCUT2D eigenvalue weighted by Crippen LogP contribution is 2.29. The van der Waals surface area contributed by atoms with Crippen LogP contribution in [-0.4, -0.2) is 48.3 Å². The second-order valence-electron chi connectivity index (χ2n) is 6.54. The predicted molar refractivity (Wildman–Crippen MR) is 79.9 cm³/mol. The number of ether oxygens (including phenoxy) is 1. The molecule has 2 fully saturated rings. The molecule has 1 aliphatic heterocycles. The first-order valence-corrected chi connectivity index (χ1v) is 8.17. The topological polar surface area (TPSA) is 87.7 Å². The largest absolute Gasteiger partial charge is 0.394 e. The molecule has 0 aromatic carbocycles. The van der Waals surface area contributed by atoms with Crippen molar-refractivity contribution in [1.82, 2.24) is 10.6 Å². The molecule has 0 aromatic heterocycles. The molecule has 3 atom stereocenters. The highest BCUT2D eigenvalue weighted by molar-refractivity contribution is 5.81. The van der Waals surface area contributed by atoms with E-state index in [-0.39, 0.29) is 42.9 Å². The van der Waals surface area contributed by atoms with Gasteiger partial charge < -0.3 is 20.5 Å². The maximum Gasteiger partial charge on any atom is 0.223 e. The Bertz CT molecular complexity index is 457. The van der Waals surface area contributed by atoms with Gasteiger partial charge in [0.1, 0.15) is 6.10 Å². The quantitative estimate of drug-likeness (QED) is 0.583. The van der Waals surface area contributed by atoms with Crippen LogP contribution in [0.5, 0.6) is 0 Å². The normalized spacial score (nSPS) is 30.9. The van der Waals surface area contributed by atoms with E-state index >= 15 is 0 Å². The molecule has 6 heteroatoms. The fourth-order valence-corrected chi connectivity index (χ4v) is 2.60. The van der Waals surface area contributed by atoms with Gasteiger partial charge in [-0.15, -0.1) is 0 Å². The van der Waals surface area contributed by atoms with Crippen LogP contribution in [0.15, 0.2) is 12.2 Å². The number of carbonyl (C=O) groups is 2. The van der Waals surface area contributed by atoms with Crippen LogP contribution >= 0.6 is 0 Å². The van der Waals surface area contributed by atoms with Crippen LogP contribution in [0.4, 0.5) is 0 Å². The van der Waals surface area contributed by atoms with Gasteiger partial charge in [0, 0.05) is 12.5 Å². The summed E-state index contributed by atoms with van der Waals surface area (Å²) < 4.78 is 5.73. The van der Waals surface area contributed by atoms with E-state index in [2.05, 4.69) is 10.6 Å². The zero-order valence-electron chi connectivity index (χ0n) is 12.7. The van der Waals surface area contributed by atoms with E-state index in [1.165, 1.54) is 12.8 Å². The average molecular weight is 308 g/mol. The van der Waals surface area contributed by atoms with E-state index in [1.807, 2.05) is 6.08 Å². The van der Waals surface area contributed by atoms with Crippen molar-refractivity contribution in [3.8, 4) is 0 Å². The van der Waals surface area contributed by atoms with E-state index < -0.39 is 6.10 Å². The second-order valence-corrected chi connectivity index (χ2v) is 6.54. The van der Waals surface area contributed by atoms with Crippen molar-refractivity contribution in [1.29, 1.82) is 0 Å². The monoisotopic (exact) mass is 308 g/mol. The molecule has 3 N–H and O–H groups in total. The molecule has 122 valence electrons. The lowest BCUT2D eigenvalue weighted by molar-refractivity contribution is -0.128. The van der Waals surface area contributed by atoms with E-state index in [1.54, 1.807) is 6.08 Å². The van der Waals surface area contributed by atoms with Crippen LogP contribution in [0.3, 0.4) is 0 Å². The molecule has 6 nitrogen and oxygen atoms in total. The first-order valence-electron chi connectivity index (χ1n) is 8.17. The summed E-state index contributed by atoms with van der Waals surface area (Å²) >= 11 is 0. The lowest BCUT2D eigenvalue weighted by atomic mass is 10.0.